The highest BCUT2D eigenvalue weighted by molar-refractivity contribution is 5.84. The quantitative estimate of drug-likeness (QED) is 0.381. The number of nitrogens with zero attached hydrogens (tertiary/aromatic N) is 3. The second-order valence-corrected chi connectivity index (χ2v) is 7.78. The average molecular weight is 428 g/mol. The van der Waals surface area contributed by atoms with Crippen molar-refractivity contribution >= 4 is 17.8 Å². The Labute approximate surface area is 181 Å². The number of carbonyl (C=O) groups excluding carboxylic acids is 1. The van der Waals surface area contributed by atoms with Crippen LogP contribution in [0.3, 0.4) is 0 Å². The Balaban J connectivity index is 1.68. The fourth-order valence-electron chi connectivity index (χ4n) is 4.01. The molecule has 0 unspecified atom stereocenters. The summed E-state index contributed by atoms with van der Waals surface area (Å²) in [6.07, 6.45) is 7.55. The van der Waals surface area contributed by atoms with Crippen LogP contribution in [-0.4, -0.2) is 41.3 Å². The summed E-state index contributed by atoms with van der Waals surface area (Å²) in [4.78, 5) is 22.7. The van der Waals surface area contributed by atoms with Crippen LogP contribution in [0.4, 0.5) is 5.69 Å². The topological polar surface area (TPSA) is 111 Å². The Kier molecular flexibility index (Phi) is 7.41. The van der Waals surface area contributed by atoms with Crippen LogP contribution in [0.5, 0.6) is 5.75 Å². The van der Waals surface area contributed by atoms with Crippen molar-refractivity contribution in [2.75, 3.05) is 13.7 Å². The predicted octanol–water partition coefficient (Wildman–Crippen LogP) is 3.38. The van der Waals surface area contributed by atoms with E-state index < -0.39 is 4.92 Å². The lowest BCUT2D eigenvalue weighted by molar-refractivity contribution is -0.384. The monoisotopic (exact) mass is 427 g/mol. The normalized spacial score (nSPS) is 14.7. The number of carbonyl (C=O) groups is 1. The van der Waals surface area contributed by atoms with Crippen molar-refractivity contribution in [1.29, 1.82) is 0 Å². The van der Waals surface area contributed by atoms with Crippen molar-refractivity contribution in [1.82, 2.24) is 15.3 Å². The number of non-ortho nitro benzene ring substituents is 1. The number of nitrogens with one attached hydrogen (secondary N) is 2. The van der Waals surface area contributed by atoms with E-state index in [0.29, 0.717) is 17.5 Å². The summed E-state index contributed by atoms with van der Waals surface area (Å²) in [5.74, 6) is 0.231. The Morgan fingerprint density at radius 1 is 1.29 bits per heavy atom. The molecule has 1 aromatic heterocycles. The highest BCUT2D eigenvalue weighted by Crippen LogP contribution is 2.31. The molecule has 0 saturated heterocycles. The number of nitro groups is 1. The van der Waals surface area contributed by atoms with Gasteiger partial charge in [0.05, 0.1) is 36.5 Å². The Hall–Kier alpha value is -3.20. The first kappa shape index (κ1) is 22.5. The number of ether oxygens (including phenoxy) is 1. The van der Waals surface area contributed by atoms with E-state index in [0.717, 1.165) is 29.8 Å². The molecule has 0 bridgehead atoms. The van der Waals surface area contributed by atoms with E-state index in [-0.39, 0.29) is 18.1 Å². The smallest absolute Gasteiger partial charge is 0.273 e. The van der Waals surface area contributed by atoms with Gasteiger partial charge in [-0.3, -0.25) is 14.9 Å². The molecule has 1 aliphatic rings. The first-order valence-corrected chi connectivity index (χ1v) is 10.5. The minimum atomic E-state index is -0.453. The lowest BCUT2D eigenvalue weighted by atomic mass is 9.95. The molecule has 1 fully saturated rings. The van der Waals surface area contributed by atoms with Crippen LogP contribution >= 0.6 is 0 Å². The Morgan fingerprint density at radius 2 is 2.03 bits per heavy atom. The average Bonchev–Trinajstić information content (AvgIpc) is 3.05. The summed E-state index contributed by atoms with van der Waals surface area (Å²) in [7, 11) is 1.48. The summed E-state index contributed by atoms with van der Waals surface area (Å²) in [5.41, 5.74) is 5.86. The summed E-state index contributed by atoms with van der Waals surface area (Å²) < 4.78 is 7.32. The molecule has 1 aliphatic carbocycles. The molecule has 166 valence electrons. The van der Waals surface area contributed by atoms with Crippen molar-refractivity contribution in [3.05, 3.63) is 51.3 Å². The fourth-order valence-corrected chi connectivity index (χ4v) is 4.01. The largest absolute Gasteiger partial charge is 0.494 e. The van der Waals surface area contributed by atoms with Crippen LogP contribution in [0.25, 0.3) is 5.69 Å². The molecule has 31 heavy (non-hydrogen) atoms. The predicted molar refractivity (Wildman–Crippen MR) is 119 cm³/mol. The van der Waals surface area contributed by atoms with E-state index in [9.17, 15) is 14.9 Å². The first-order chi connectivity index (χ1) is 14.9. The van der Waals surface area contributed by atoms with Crippen molar-refractivity contribution in [3.8, 4) is 11.4 Å². The van der Waals surface area contributed by atoms with Gasteiger partial charge in [0.15, 0.2) is 0 Å². The van der Waals surface area contributed by atoms with E-state index in [2.05, 4.69) is 15.8 Å². The van der Waals surface area contributed by atoms with Crippen molar-refractivity contribution in [3.63, 3.8) is 0 Å². The summed E-state index contributed by atoms with van der Waals surface area (Å²) in [6, 6.07) is 6.87. The van der Waals surface area contributed by atoms with Crippen molar-refractivity contribution in [2.24, 2.45) is 5.10 Å². The molecule has 0 atom stereocenters. The van der Waals surface area contributed by atoms with Crippen LogP contribution in [-0.2, 0) is 4.79 Å². The molecule has 0 radical (unpaired) electrons. The fraction of sp³-hybridized carbons (Fsp3) is 0.455. The van der Waals surface area contributed by atoms with Crippen LogP contribution in [0.15, 0.2) is 29.4 Å². The Bertz CT molecular complexity index is 977. The number of hydrogen-bond donors (Lipinski definition) is 2. The number of hydrogen-bond acceptors (Lipinski definition) is 6. The third-order valence-electron chi connectivity index (χ3n) is 5.63. The van der Waals surface area contributed by atoms with E-state index in [1.165, 1.54) is 38.5 Å². The SMILES string of the molecule is COc1cc([N+](=O)[O-])ccc1-n1c(C)cc(/C=N\NC(=O)CNC2CCCCC2)c1C. The van der Waals surface area contributed by atoms with Crippen LogP contribution < -0.4 is 15.5 Å². The van der Waals surface area contributed by atoms with Gasteiger partial charge in [0.25, 0.3) is 11.6 Å². The van der Waals surface area contributed by atoms with Crippen molar-refractivity contribution < 1.29 is 14.5 Å². The zero-order chi connectivity index (χ0) is 22.4. The van der Waals surface area contributed by atoms with E-state index in [1.807, 2.05) is 24.5 Å². The highest BCUT2D eigenvalue weighted by atomic mass is 16.6. The minimum absolute atomic E-state index is 0.0330. The maximum atomic E-state index is 12.1. The Morgan fingerprint density at radius 3 is 2.71 bits per heavy atom. The molecule has 1 saturated carbocycles. The third-order valence-corrected chi connectivity index (χ3v) is 5.63. The molecule has 3 rings (SSSR count). The van der Waals surface area contributed by atoms with Gasteiger partial charge in [0.2, 0.25) is 0 Å². The lowest BCUT2D eigenvalue weighted by Gasteiger charge is -2.22. The second-order valence-electron chi connectivity index (χ2n) is 7.78. The number of benzene rings is 1. The van der Waals surface area contributed by atoms with Crippen molar-refractivity contribution in [2.45, 2.75) is 52.0 Å². The molecule has 2 N–H and O–H groups in total. The highest BCUT2D eigenvalue weighted by Gasteiger charge is 2.17. The van der Waals surface area contributed by atoms with Crippen LogP contribution in [0.1, 0.15) is 49.1 Å². The molecule has 1 heterocycles. The molecule has 2 aromatic rings. The summed E-state index contributed by atoms with van der Waals surface area (Å²) in [6.45, 7) is 4.10. The number of rotatable bonds is 8. The number of nitro benzene ring substituents is 1. The molecule has 1 amide bonds. The van der Waals surface area contributed by atoms with Gasteiger partial charge >= 0.3 is 0 Å². The number of hydrazone groups is 1. The summed E-state index contributed by atoms with van der Waals surface area (Å²) in [5, 5.41) is 18.4. The van der Waals surface area contributed by atoms with Gasteiger partial charge in [-0.1, -0.05) is 19.3 Å². The van der Waals surface area contributed by atoms with Gasteiger partial charge in [-0.15, -0.1) is 0 Å². The zero-order valence-electron chi connectivity index (χ0n) is 18.2. The number of aromatic nitrogens is 1. The second kappa shape index (κ2) is 10.2. The molecule has 1 aromatic carbocycles. The van der Waals surface area contributed by atoms with Gasteiger partial charge in [-0.2, -0.15) is 5.10 Å². The maximum absolute atomic E-state index is 12.1. The molecular weight excluding hydrogens is 398 g/mol. The van der Waals surface area contributed by atoms with Crippen LogP contribution in [0, 0.1) is 24.0 Å². The zero-order valence-corrected chi connectivity index (χ0v) is 18.2. The molecular formula is C22H29N5O4. The van der Waals surface area contributed by atoms with Gasteiger partial charge in [-0.25, -0.2) is 5.43 Å². The third kappa shape index (κ3) is 5.49. The van der Waals surface area contributed by atoms with Crippen LogP contribution in [0.2, 0.25) is 0 Å². The minimum Gasteiger partial charge on any atom is -0.494 e. The van der Waals surface area contributed by atoms with Gasteiger partial charge < -0.3 is 14.6 Å². The molecule has 9 heteroatoms. The van der Waals surface area contributed by atoms with Gasteiger partial charge in [-0.05, 0) is 38.8 Å². The number of amides is 1. The molecule has 9 nitrogen and oxygen atoms in total. The number of aryl methyl sites for hydroxylation is 1. The van der Waals surface area contributed by atoms with Gasteiger partial charge in [0.1, 0.15) is 5.75 Å². The van der Waals surface area contributed by atoms with E-state index in [1.54, 1.807) is 12.3 Å². The first-order valence-electron chi connectivity index (χ1n) is 10.5. The number of methoxy groups -OCH3 is 1. The van der Waals surface area contributed by atoms with Gasteiger partial charge in [0, 0.05) is 29.1 Å². The maximum Gasteiger partial charge on any atom is 0.273 e. The standard InChI is InChI=1S/C22H29N5O4/c1-15-11-17(13-24-25-22(28)14-23-18-7-5-4-6-8-18)16(2)26(15)20-10-9-19(27(29)30)12-21(20)31-3/h9-13,18,23H,4-8,14H2,1-3H3,(H,25,28)/b24-13-. The van der Waals surface area contributed by atoms with E-state index >= 15 is 0 Å². The lowest BCUT2D eigenvalue weighted by Crippen LogP contribution is -2.38. The summed E-state index contributed by atoms with van der Waals surface area (Å²) >= 11 is 0. The molecule has 0 aliphatic heterocycles. The van der Waals surface area contributed by atoms with E-state index in [4.69, 9.17) is 4.74 Å². The molecule has 0 spiro atoms.